The highest BCUT2D eigenvalue weighted by molar-refractivity contribution is 7.09. The van der Waals surface area contributed by atoms with E-state index in [4.69, 9.17) is 4.74 Å². The van der Waals surface area contributed by atoms with Crippen LogP contribution in [0.4, 0.5) is 0 Å². The Morgan fingerprint density at radius 1 is 1.32 bits per heavy atom. The zero-order valence-corrected chi connectivity index (χ0v) is 12.2. The summed E-state index contributed by atoms with van der Waals surface area (Å²) in [6, 6.07) is 8.38. The number of nitrogens with zero attached hydrogens (tertiary/aromatic N) is 1. The summed E-state index contributed by atoms with van der Waals surface area (Å²) < 4.78 is 5.74. The number of rotatable bonds is 7. The van der Waals surface area contributed by atoms with Crippen LogP contribution in [0.3, 0.4) is 0 Å². The Hall–Kier alpha value is -1.39. The molecule has 2 aromatic rings. The quantitative estimate of drug-likeness (QED) is 0.838. The Balaban J connectivity index is 2.32. The van der Waals surface area contributed by atoms with Crippen LogP contribution in [0.1, 0.15) is 36.8 Å². The van der Waals surface area contributed by atoms with Gasteiger partial charge in [-0.05, 0) is 26.0 Å². The third-order valence-electron chi connectivity index (χ3n) is 2.86. The highest BCUT2D eigenvalue weighted by Crippen LogP contribution is 2.31. The molecule has 0 saturated carbocycles. The number of hydrogen-bond acceptors (Lipinski definition) is 4. The minimum atomic E-state index is 0.162. The molecule has 0 aliphatic heterocycles. The van der Waals surface area contributed by atoms with Crippen molar-refractivity contribution in [3.63, 3.8) is 0 Å². The highest BCUT2D eigenvalue weighted by Gasteiger charge is 2.18. The largest absolute Gasteiger partial charge is 0.494 e. The van der Waals surface area contributed by atoms with E-state index in [2.05, 4.69) is 29.4 Å². The molecule has 4 heteroatoms. The van der Waals surface area contributed by atoms with Gasteiger partial charge in [0.1, 0.15) is 5.75 Å². The number of ether oxygens (including phenoxy) is 1. The van der Waals surface area contributed by atoms with Gasteiger partial charge in [0.25, 0.3) is 0 Å². The molecule has 0 radical (unpaired) electrons. The van der Waals surface area contributed by atoms with Gasteiger partial charge in [-0.2, -0.15) is 0 Å². The summed E-state index contributed by atoms with van der Waals surface area (Å²) in [5.74, 6) is 0.951. The van der Waals surface area contributed by atoms with Crippen LogP contribution in [0.5, 0.6) is 5.75 Å². The molecule has 1 aromatic carbocycles. The zero-order valence-electron chi connectivity index (χ0n) is 11.4. The van der Waals surface area contributed by atoms with Crippen LogP contribution >= 0.6 is 11.3 Å². The Labute approximate surface area is 118 Å². The van der Waals surface area contributed by atoms with E-state index in [0.29, 0.717) is 6.61 Å². The minimum Gasteiger partial charge on any atom is -0.494 e. The van der Waals surface area contributed by atoms with Crippen molar-refractivity contribution < 1.29 is 4.74 Å². The zero-order chi connectivity index (χ0) is 13.5. The second-order valence-electron chi connectivity index (χ2n) is 4.26. The van der Waals surface area contributed by atoms with Gasteiger partial charge in [0.2, 0.25) is 0 Å². The van der Waals surface area contributed by atoms with Gasteiger partial charge < -0.3 is 10.1 Å². The molecule has 0 spiro atoms. The van der Waals surface area contributed by atoms with Gasteiger partial charge in [-0.3, -0.25) is 4.98 Å². The SMILES string of the molecule is CCCNC(c1cncs1)c1ccccc1OCC. The summed E-state index contributed by atoms with van der Waals surface area (Å²) in [6.45, 7) is 5.84. The molecule has 1 N–H and O–H groups in total. The third kappa shape index (κ3) is 3.55. The lowest BCUT2D eigenvalue weighted by Crippen LogP contribution is -2.23. The van der Waals surface area contributed by atoms with Crippen molar-refractivity contribution >= 4 is 11.3 Å². The lowest BCUT2D eigenvalue weighted by molar-refractivity contribution is 0.333. The van der Waals surface area contributed by atoms with E-state index in [0.717, 1.165) is 18.7 Å². The number of hydrogen-bond donors (Lipinski definition) is 1. The first kappa shape index (κ1) is 14.0. The summed E-state index contributed by atoms with van der Waals surface area (Å²) in [5.41, 5.74) is 3.06. The molecule has 19 heavy (non-hydrogen) atoms. The van der Waals surface area contributed by atoms with Crippen molar-refractivity contribution in [3.8, 4) is 5.75 Å². The van der Waals surface area contributed by atoms with Crippen molar-refractivity contribution in [1.82, 2.24) is 10.3 Å². The van der Waals surface area contributed by atoms with Crippen LogP contribution in [-0.2, 0) is 0 Å². The summed E-state index contributed by atoms with van der Waals surface area (Å²) >= 11 is 1.67. The fraction of sp³-hybridized carbons (Fsp3) is 0.400. The molecule has 0 fully saturated rings. The average Bonchev–Trinajstić information content (AvgIpc) is 2.95. The standard InChI is InChI=1S/C15H20N2OS/c1-3-9-17-15(14-10-16-11-19-14)12-7-5-6-8-13(12)18-4-2/h5-8,10-11,15,17H,3-4,9H2,1-2H3. The predicted octanol–water partition coefficient (Wildman–Crippen LogP) is 3.63. The molecule has 1 heterocycles. The lowest BCUT2D eigenvalue weighted by atomic mass is 10.0. The predicted molar refractivity (Wildman–Crippen MR) is 79.9 cm³/mol. The van der Waals surface area contributed by atoms with Crippen LogP contribution < -0.4 is 10.1 Å². The van der Waals surface area contributed by atoms with E-state index in [1.54, 1.807) is 11.3 Å². The summed E-state index contributed by atoms with van der Waals surface area (Å²) in [4.78, 5) is 5.41. The third-order valence-corrected chi connectivity index (χ3v) is 3.70. The van der Waals surface area contributed by atoms with Crippen molar-refractivity contribution in [2.75, 3.05) is 13.2 Å². The number of benzene rings is 1. The molecule has 3 nitrogen and oxygen atoms in total. The van der Waals surface area contributed by atoms with Gasteiger partial charge in [0, 0.05) is 16.6 Å². The molecular weight excluding hydrogens is 256 g/mol. The van der Waals surface area contributed by atoms with Crippen LogP contribution in [-0.4, -0.2) is 18.1 Å². The number of nitrogens with one attached hydrogen (secondary N) is 1. The van der Waals surface area contributed by atoms with Crippen LogP contribution in [0.25, 0.3) is 0 Å². The van der Waals surface area contributed by atoms with Gasteiger partial charge in [-0.25, -0.2) is 0 Å². The van der Waals surface area contributed by atoms with E-state index in [1.165, 1.54) is 10.4 Å². The first-order valence-corrected chi connectivity index (χ1v) is 7.58. The molecule has 102 valence electrons. The Bertz CT molecular complexity index is 485. The van der Waals surface area contributed by atoms with Crippen molar-refractivity contribution in [3.05, 3.63) is 46.4 Å². The molecule has 0 amide bonds. The molecule has 0 aliphatic carbocycles. The first-order chi connectivity index (χ1) is 9.36. The Morgan fingerprint density at radius 3 is 2.84 bits per heavy atom. The molecule has 1 unspecified atom stereocenters. The van der Waals surface area contributed by atoms with E-state index in [1.807, 2.05) is 30.8 Å². The summed E-state index contributed by atoms with van der Waals surface area (Å²) in [6.07, 6.45) is 3.03. The molecule has 0 saturated heterocycles. The van der Waals surface area contributed by atoms with E-state index >= 15 is 0 Å². The fourth-order valence-electron chi connectivity index (χ4n) is 2.03. The maximum atomic E-state index is 5.74. The van der Waals surface area contributed by atoms with Crippen LogP contribution in [0, 0.1) is 0 Å². The average molecular weight is 276 g/mol. The smallest absolute Gasteiger partial charge is 0.124 e. The summed E-state index contributed by atoms with van der Waals surface area (Å²) in [5, 5.41) is 3.58. The first-order valence-electron chi connectivity index (χ1n) is 6.70. The second-order valence-corrected chi connectivity index (χ2v) is 5.18. The maximum absolute atomic E-state index is 5.74. The lowest BCUT2D eigenvalue weighted by Gasteiger charge is -2.20. The van der Waals surface area contributed by atoms with Crippen LogP contribution in [0.2, 0.25) is 0 Å². The van der Waals surface area contributed by atoms with Crippen LogP contribution in [0.15, 0.2) is 36.0 Å². The van der Waals surface area contributed by atoms with Gasteiger partial charge >= 0.3 is 0 Å². The topological polar surface area (TPSA) is 34.2 Å². The number of thiazole rings is 1. The minimum absolute atomic E-state index is 0.162. The molecule has 1 aromatic heterocycles. The van der Waals surface area contributed by atoms with E-state index in [-0.39, 0.29) is 6.04 Å². The molecular formula is C15H20N2OS. The van der Waals surface area contributed by atoms with Crippen molar-refractivity contribution in [2.45, 2.75) is 26.3 Å². The second kappa shape index (κ2) is 7.26. The Kier molecular flexibility index (Phi) is 5.36. The highest BCUT2D eigenvalue weighted by atomic mass is 32.1. The molecule has 0 aliphatic rings. The maximum Gasteiger partial charge on any atom is 0.124 e. The monoisotopic (exact) mass is 276 g/mol. The van der Waals surface area contributed by atoms with E-state index < -0.39 is 0 Å². The summed E-state index contributed by atoms with van der Waals surface area (Å²) in [7, 11) is 0. The number of para-hydroxylation sites is 1. The van der Waals surface area contributed by atoms with Crippen molar-refractivity contribution in [2.24, 2.45) is 0 Å². The van der Waals surface area contributed by atoms with Gasteiger partial charge in [-0.15, -0.1) is 11.3 Å². The Morgan fingerprint density at radius 2 is 2.16 bits per heavy atom. The molecule has 1 atom stereocenters. The normalized spacial score (nSPS) is 12.3. The van der Waals surface area contributed by atoms with Crippen molar-refractivity contribution in [1.29, 1.82) is 0 Å². The fourth-order valence-corrected chi connectivity index (χ4v) is 2.74. The molecule has 0 bridgehead atoms. The molecule has 2 rings (SSSR count). The number of aromatic nitrogens is 1. The van der Waals surface area contributed by atoms with Gasteiger partial charge in [-0.1, -0.05) is 25.1 Å². The van der Waals surface area contributed by atoms with E-state index in [9.17, 15) is 0 Å². The van der Waals surface area contributed by atoms with Gasteiger partial charge in [0.15, 0.2) is 0 Å². The van der Waals surface area contributed by atoms with Gasteiger partial charge in [0.05, 0.1) is 18.2 Å².